The van der Waals surface area contributed by atoms with Gasteiger partial charge in [-0.2, -0.15) is 0 Å². The average molecular weight is 390 g/mol. The molecule has 146 valence electrons. The quantitative estimate of drug-likeness (QED) is 0.779. The number of rotatable bonds is 5. The Kier molecular flexibility index (Phi) is 5.18. The van der Waals surface area contributed by atoms with E-state index in [1.54, 1.807) is 16.7 Å². The van der Waals surface area contributed by atoms with Gasteiger partial charge in [0.2, 0.25) is 5.91 Å². The molecule has 2 fully saturated rings. The van der Waals surface area contributed by atoms with Crippen LogP contribution in [0.2, 0.25) is 0 Å². The lowest BCUT2D eigenvalue weighted by Crippen LogP contribution is -2.52. The highest BCUT2D eigenvalue weighted by Gasteiger charge is 2.57. The summed E-state index contributed by atoms with van der Waals surface area (Å²) in [5.41, 5.74) is 1.76. The van der Waals surface area contributed by atoms with Gasteiger partial charge in [0.05, 0.1) is 13.2 Å². The van der Waals surface area contributed by atoms with Crippen LogP contribution in [-0.4, -0.2) is 71.8 Å². The molecule has 1 N–H and O–H groups in total. The molecule has 0 spiro atoms. The van der Waals surface area contributed by atoms with Crippen molar-refractivity contribution < 1.29 is 14.3 Å². The van der Waals surface area contributed by atoms with Gasteiger partial charge in [0.25, 0.3) is 5.91 Å². The largest absolute Gasteiger partial charge is 0.379 e. The monoisotopic (exact) mass is 389 g/mol. The first-order valence-corrected chi connectivity index (χ1v) is 10.5. The van der Waals surface area contributed by atoms with Crippen LogP contribution >= 0.6 is 11.8 Å². The molecule has 4 rings (SSSR count). The lowest BCUT2D eigenvalue weighted by atomic mass is 10.0. The molecule has 0 saturated carbocycles. The van der Waals surface area contributed by atoms with E-state index in [0.717, 1.165) is 50.4 Å². The van der Waals surface area contributed by atoms with E-state index in [4.69, 9.17) is 4.74 Å². The van der Waals surface area contributed by atoms with Gasteiger partial charge in [-0.25, -0.2) is 0 Å². The second-order valence-corrected chi connectivity index (χ2v) is 9.61. The number of hydrogen-bond acceptors (Lipinski definition) is 5. The number of nitrogens with zero attached hydrogens (tertiary/aromatic N) is 2. The third kappa shape index (κ3) is 3.48. The summed E-state index contributed by atoms with van der Waals surface area (Å²) in [5.74, 6) is -0.0692. The van der Waals surface area contributed by atoms with Crippen molar-refractivity contribution in [3.8, 4) is 0 Å². The molecule has 2 amide bonds. The van der Waals surface area contributed by atoms with E-state index < -0.39 is 6.04 Å². The number of ether oxygens (including phenoxy) is 1. The number of carbonyl (C=O) groups excluding carboxylic acids is 2. The SMILES string of the molecule is CC1(C)SC2c3ccccc3C(=O)N2[C@@H]1C(=O)NCCCN1CCOCC1. The van der Waals surface area contributed by atoms with Gasteiger partial charge >= 0.3 is 0 Å². The molecule has 7 heteroatoms. The number of morpholine rings is 1. The molecule has 3 heterocycles. The van der Waals surface area contributed by atoms with Crippen LogP contribution in [0.1, 0.15) is 41.6 Å². The van der Waals surface area contributed by atoms with Crippen LogP contribution in [0.5, 0.6) is 0 Å². The molecule has 0 aliphatic carbocycles. The summed E-state index contributed by atoms with van der Waals surface area (Å²) in [6, 6.07) is 7.26. The molecule has 27 heavy (non-hydrogen) atoms. The molecule has 3 aliphatic heterocycles. The predicted octanol–water partition coefficient (Wildman–Crippen LogP) is 1.87. The number of nitrogens with one attached hydrogen (secondary N) is 1. The van der Waals surface area contributed by atoms with Crippen molar-refractivity contribution in [3.05, 3.63) is 35.4 Å². The molecule has 6 nitrogen and oxygen atoms in total. The molecule has 0 bridgehead atoms. The van der Waals surface area contributed by atoms with Gasteiger partial charge in [-0.3, -0.25) is 14.5 Å². The normalized spacial score (nSPS) is 26.7. The fourth-order valence-corrected chi connectivity index (χ4v) is 5.83. The van der Waals surface area contributed by atoms with E-state index in [9.17, 15) is 9.59 Å². The minimum atomic E-state index is -0.448. The Hall–Kier alpha value is -1.57. The molecule has 1 aromatic carbocycles. The topological polar surface area (TPSA) is 61.9 Å². The van der Waals surface area contributed by atoms with E-state index in [1.165, 1.54) is 0 Å². The van der Waals surface area contributed by atoms with Gasteiger partial charge in [-0.1, -0.05) is 18.2 Å². The lowest BCUT2D eigenvalue weighted by Gasteiger charge is -2.30. The maximum Gasteiger partial charge on any atom is 0.256 e. The highest BCUT2D eigenvalue weighted by atomic mass is 32.2. The molecule has 2 atom stereocenters. The predicted molar refractivity (Wildman–Crippen MR) is 106 cm³/mol. The number of hydrogen-bond donors (Lipinski definition) is 1. The van der Waals surface area contributed by atoms with E-state index in [1.807, 2.05) is 24.3 Å². The summed E-state index contributed by atoms with van der Waals surface area (Å²) in [4.78, 5) is 30.1. The van der Waals surface area contributed by atoms with Crippen molar-refractivity contribution in [1.29, 1.82) is 0 Å². The zero-order valence-corrected chi connectivity index (χ0v) is 16.8. The molecule has 2 saturated heterocycles. The second kappa shape index (κ2) is 7.45. The highest BCUT2D eigenvalue weighted by molar-refractivity contribution is 8.01. The van der Waals surface area contributed by atoms with Crippen molar-refractivity contribution in [2.24, 2.45) is 0 Å². The van der Waals surface area contributed by atoms with Crippen LogP contribution in [0.4, 0.5) is 0 Å². The first-order valence-electron chi connectivity index (χ1n) is 9.66. The van der Waals surface area contributed by atoms with E-state index >= 15 is 0 Å². The number of amides is 2. The van der Waals surface area contributed by atoms with E-state index in [0.29, 0.717) is 6.54 Å². The summed E-state index contributed by atoms with van der Waals surface area (Å²) in [7, 11) is 0. The standard InChI is InChI=1S/C20H27N3O3S/c1-20(2)16(17(24)21-8-5-9-22-10-12-26-13-11-22)23-18(25)14-6-3-4-7-15(14)19(23)27-20/h3-4,6-7,16,19H,5,8-13H2,1-2H3,(H,21,24)/t16-,19?/m1/s1. The van der Waals surface area contributed by atoms with Crippen molar-refractivity contribution in [1.82, 2.24) is 15.1 Å². The maximum atomic E-state index is 13.0. The summed E-state index contributed by atoms with van der Waals surface area (Å²) >= 11 is 1.71. The molecule has 1 aromatic rings. The number of fused-ring (bicyclic) bond motifs is 3. The summed E-state index contributed by atoms with van der Waals surface area (Å²) in [6.45, 7) is 9.21. The Labute approximate surface area is 164 Å². The lowest BCUT2D eigenvalue weighted by molar-refractivity contribution is -0.126. The average Bonchev–Trinajstić information content (AvgIpc) is 3.09. The van der Waals surface area contributed by atoms with Gasteiger partial charge in [0.1, 0.15) is 11.4 Å². The fraction of sp³-hybridized carbons (Fsp3) is 0.600. The summed E-state index contributed by atoms with van der Waals surface area (Å²) < 4.78 is 5.04. The van der Waals surface area contributed by atoms with E-state index in [-0.39, 0.29) is 21.9 Å². The highest BCUT2D eigenvalue weighted by Crippen LogP contribution is 2.56. The third-order valence-corrected chi connectivity index (χ3v) is 7.13. The van der Waals surface area contributed by atoms with Crippen molar-refractivity contribution in [2.45, 2.75) is 36.4 Å². The van der Waals surface area contributed by atoms with Crippen molar-refractivity contribution >= 4 is 23.6 Å². The Morgan fingerprint density at radius 2 is 2.04 bits per heavy atom. The molecular formula is C20H27N3O3S. The molecule has 0 aromatic heterocycles. The molecule has 0 radical (unpaired) electrons. The molecular weight excluding hydrogens is 362 g/mol. The van der Waals surface area contributed by atoms with Crippen LogP contribution in [0, 0.1) is 0 Å². The Bertz CT molecular complexity index is 733. The van der Waals surface area contributed by atoms with Gasteiger partial charge in [0.15, 0.2) is 0 Å². The van der Waals surface area contributed by atoms with Crippen LogP contribution in [0.15, 0.2) is 24.3 Å². The van der Waals surface area contributed by atoms with Crippen LogP contribution in [0.3, 0.4) is 0 Å². The second-order valence-electron chi connectivity index (χ2n) is 7.87. The van der Waals surface area contributed by atoms with Crippen LogP contribution < -0.4 is 5.32 Å². The number of carbonyl (C=O) groups is 2. The minimum absolute atomic E-state index is 0.0258. The van der Waals surface area contributed by atoms with Gasteiger partial charge in [0, 0.05) is 29.9 Å². The third-order valence-electron chi connectivity index (χ3n) is 5.60. The number of benzene rings is 1. The first kappa shape index (κ1) is 18.8. The van der Waals surface area contributed by atoms with Gasteiger partial charge in [-0.15, -0.1) is 11.8 Å². The Morgan fingerprint density at radius 1 is 1.30 bits per heavy atom. The summed E-state index contributed by atoms with van der Waals surface area (Å²) in [6.07, 6.45) is 0.906. The first-order chi connectivity index (χ1) is 13.0. The Balaban J connectivity index is 1.39. The van der Waals surface area contributed by atoms with Crippen molar-refractivity contribution in [3.63, 3.8) is 0 Å². The van der Waals surface area contributed by atoms with Gasteiger partial charge < -0.3 is 15.0 Å². The zero-order valence-electron chi connectivity index (χ0n) is 15.9. The molecule has 3 aliphatic rings. The maximum absolute atomic E-state index is 13.0. The van der Waals surface area contributed by atoms with Crippen LogP contribution in [0.25, 0.3) is 0 Å². The van der Waals surface area contributed by atoms with E-state index in [2.05, 4.69) is 24.1 Å². The smallest absolute Gasteiger partial charge is 0.256 e. The Morgan fingerprint density at radius 3 is 2.81 bits per heavy atom. The number of thioether (sulfide) groups is 1. The van der Waals surface area contributed by atoms with Crippen LogP contribution in [-0.2, 0) is 9.53 Å². The van der Waals surface area contributed by atoms with Crippen molar-refractivity contribution in [2.75, 3.05) is 39.4 Å². The van der Waals surface area contributed by atoms with Gasteiger partial charge in [-0.05, 0) is 38.4 Å². The fourth-order valence-electron chi connectivity index (χ4n) is 4.24. The molecule has 1 unspecified atom stereocenters. The minimum Gasteiger partial charge on any atom is -0.379 e. The summed E-state index contributed by atoms with van der Waals surface area (Å²) in [5, 5.41) is 3.01. The zero-order chi connectivity index (χ0) is 19.0.